The molecular weight excluding hydrogens is 330 g/mol. The van der Waals surface area contributed by atoms with Crippen molar-refractivity contribution in [1.82, 2.24) is 4.90 Å². The van der Waals surface area contributed by atoms with Gasteiger partial charge in [0.2, 0.25) is 0 Å². The van der Waals surface area contributed by atoms with Crippen LogP contribution in [-0.4, -0.2) is 42.8 Å². The van der Waals surface area contributed by atoms with Gasteiger partial charge in [-0.05, 0) is 41.2 Å². The Labute approximate surface area is 153 Å². The topological polar surface area (TPSA) is 59.0 Å². The smallest absolute Gasteiger partial charge is 0.308 e. The molecule has 4 rings (SSSR count). The van der Waals surface area contributed by atoms with Gasteiger partial charge in [-0.1, -0.05) is 24.3 Å². The average molecular weight is 353 g/mol. The highest BCUT2D eigenvalue weighted by molar-refractivity contribution is 5.85. The first kappa shape index (κ1) is 17.1. The number of nitrogens with zero attached hydrogens (tertiary/aromatic N) is 1. The molecule has 0 bridgehead atoms. The van der Waals surface area contributed by atoms with Crippen molar-refractivity contribution in [2.45, 2.75) is 25.8 Å². The van der Waals surface area contributed by atoms with Crippen LogP contribution < -0.4 is 9.47 Å². The van der Waals surface area contributed by atoms with Crippen LogP contribution in [0.5, 0.6) is 11.5 Å². The van der Waals surface area contributed by atoms with Crippen LogP contribution >= 0.6 is 0 Å². The minimum Gasteiger partial charge on any atom is -0.493 e. The normalized spacial score (nSPS) is 18.0. The lowest BCUT2D eigenvalue weighted by molar-refractivity contribution is -0.131. The maximum Gasteiger partial charge on any atom is 0.308 e. The number of methoxy groups -OCH3 is 1. The monoisotopic (exact) mass is 353 g/mol. The molecule has 2 aliphatic rings. The van der Waals surface area contributed by atoms with Gasteiger partial charge in [-0.3, -0.25) is 9.69 Å². The molecular formula is C21H23NO4. The highest BCUT2D eigenvalue weighted by Gasteiger charge is 2.36. The van der Waals surface area contributed by atoms with E-state index in [1.165, 1.54) is 18.1 Å². The number of hydrogen-bond acceptors (Lipinski definition) is 5. The Morgan fingerprint density at radius 3 is 2.85 bits per heavy atom. The predicted molar refractivity (Wildman–Crippen MR) is 98.5 cm³/mol. The van der Waals surface area contributed by atoms with Crippen molar-refractivity contribution in [2.24, 2.45) is 0 Å². The molecule has 0 aromatic heterocycles. The number of carbonyl (C=O) groups excluding carboxylic acids is 1. The number of esters is 1. The first-order chi connectivity index (χ1) is 12.6. The van der Waals surface area contributed by atoms with E-state index >= 15 is 0 Å². The molecule has 1 atom stereocenters. The van der Waals surface area contributed by atoms with E-state index in [0.29, 0.717) is 18.0 Å². The van der Waals surface area contributed by atoms with Gasteiger partial charge in [0.1, 0.15) is 0 Å². The van der Waals surface area contributed by atoms with Crippen molar-refractivity contribution in [3.05, 3.63) is 47.0 Å². The minimum atomic E-state index is -0.356. The number of aliphatic hydroxyl groups excluding tert-OH is 1. The molecule has 1 heterocycles. The van der Waals surface area contributed by atoms with Crippen molar-refractivity contribution < 1.29 is 19.4 Å². The fourth-order valence-corrected chi connectivity index (χ4v) is 4.36. The minimum absolute atomic E-state index is 0.155. The summed E-state index contributed by atoms with van der Waals surface area (Å²) in [6.07, 6.45) is 1.79. The number of rotatable bonds is 4. The summed E-state index contributed by atoms with van der Waals surface area (Å²) < 4.78 is 11.0. The Bertz CT molecular complexity index is 861. The number of hydrogen-bond donors (Lipinski definition) is 1. The molecule has 1 unspecified atom stereocenters. The molecule has 0 saturated carbocycles. The molecule has 5 heteroatoms. The third-order valence-electron chi connectivity index (χ3n) is 5.38. The van der Waals surface area contributed by atoms with Crippen LogP contribution in [0, 0.1) is 0 Å². The quantitative estimate of drug-likeness (QED) is 0.677. The fourth-order valence-electron chi connectivity index (χ4n) is 4.36. The third-order valence-corrected chi connectivity index (χ3v) is 5.38. The molecule has 5 nitrogen and oxygen atoms in total. The largest absolute Gasteiger partial charge is 0.493 e. The zero-order valence-electron chi connectivity index (χ0n) is 15.1. The summed E-state index contributed by atoms with van der Waals surface area (Å²) in [4.78, 5) is 14.1. The highest BCUT2D eigenvalue weighted by atomic mass is 16.6. The van der Waals surface area contributed by atoms with E-state index in [2.05, 4.69) is 29.2 Å². The third kappa shape index (κ3) is 2.68. The van der Waals surface area contributed by atoms with Crippen molar-refractivity contribution in [2.75, 3.05) is 26.8 Å². The van der Waals surface area contributed by atoms with E-state index in [4.69, 9.17) is 9.47 Å². The van der Waals surface area contributed by atoms with Crippen molar-refractivity contribution >= 4 is 5.97 Å². The molecule has 2 aromatic rings. The van der Waals surface area contributed by atoms with Gasteiger partial charge in [-0.15, -0.1) is 0 Å². The maximum atomic E-state index is 11.7. The van der Waals surface area contributed by atoms with Gasteiger partial charge in [0.25, 0.3) is 0 Å². The van der Waals surface area contributed by atoms with Crippen LogP contribution in [0.15, 0.2) is 30.3 Å². The lowest BCUT2D eigenvalue weighted by Crippen LogP contribution is -2.40. The summed E-state index contributed by atoms with van der Waals surface area (Å²) in [6.45, 7) is 3.18. The average Bonchev–Trinajstić information content (AvgIpc) is 2.63. The van der Waals surface area contributed by atoms with Crippen molar-refractivity contribution in [3.63, 3.8) is 0 Å². The van der Waals surface area contributed by atoms with Crippen molar-refractivity contribution in [3.8, 4) is 22.6 Å². The number of aliphatic hydroxyl groups is 1. The maximum absolute atomic E-state index is 11.7. The first-order valence-electron chi connectivity index (χ1n) is 8.99. The van der Waals surface area contributed by atoms with Crippen LogP contribution in [0.25, 0.3) is 11.1 Å². The SMILES string of the molecule is COc1ccc2c(c1OC(C)=O)-c1cccc3c1C(C2)N(CCO)CC3. The van der Waals surface area contributed by atoms with E-state index in [1.54, 1.807) is 7.11 Å². The van der Waals surface area contributed by atoms with Gasteiger partial charge >= 0.3 is 5.97 Å². The number of ether oxygens (including phenoxy) is 2. The Morgan fingerprint density at radius 1 is 1.27 bits per heavy atom. The van der Waals surface area contributed by atoms with Crippen LogP contribution in [0.4, 0.5) is 0 Å². The number of benzene rings is 2. The molecule has 1 aliphatic carbocycles. The van der Waals surface area contributed by atoms with Gasteiger partial charge < -0.3 is 14.6 Å². The molecule has 26 heavy (non-hydrogen) atoms. The van der Waals surface area contributed by atoms with Gasteiger partial charge in [-0.25, -0.2) is 0 Å². The van der Waals surface area contributed by atoms with E-state index < -0.39 is 0 Å². The summed E-state index contributed by atoms with van der Waals surface area (Å²) in [5.74, 6) is 0.715. The summed E-state index contributed by atoms with van der Waals surface area (Å²) in [6, 6.07) is 10.5. The van der Waals surface area contributed by atoms with Gasteiger partial charge in [0, 0.05) is 31.6 Å². The Hall–Kier alpha value is -2.37. The second-order valence-electron chi connectivity index (χ2n) is 6.83. The summed E-state index contributed by atoms with van der Waals surface area (Å²) in [7, 11) is 1.59. The Balaban J connectivity index is 1.93. The van der Waals surface area contributed by atoms with Gasteiger partial charge in [-0.2, -0.15) is 0 Å². The highest BCUT2D eigenvalue weighted by Crippen LogP contribution is 2.50. The van der Waals surface area contributed by atoms with E-state index in [-0.39, 0.29) is 18.6 Å². The van der Waals surface area contributed by atoms with Crippen LogP contribution in [0.1, 0.15) is 29.7 Å². The van der Waals surface area contributed by atoms with E-state index in [9.17, 15) is 9.90 Å². The lowest BCUT2D eigenvalue weighted by atomic mass is 9.76. The first-order valence-corrected chi connectivity index (χ1v) is 8.99. The standard InChI is InChI=1S/C21H23NO4/c1-13(24)26-21-18(25-2)7-6-15-12-17-19-14(8-9-22(17)10-11-23)4-3-5-16(19)20(15)21/h3-7,17,23H,8-12H2,1-2H3. The summed E-state index contributed by atoms with van der Waals surface area (Å²) in [5.41, 5.74) is 5.83. The molecule has 0 fully saturated rings. The number of carbonyl (C=O) groups is 1. The molecule has 1 aliphatic heterocycles. The Morgan fingerprint density at radius 2 is 2.12 bits per heavy atom. The summed E-state index contributed by atoms with van der Waals surface area (Å²) >= 11 is 0. The van der Waals surface area contributed by atoms with E-state index in [1.807, 2.05) is 6.07 Å². The molecule has 1 N–H and O–H groups in total. The second kappa shape index (κ2) is 6.74. The van der Waals surface area contributed by atoms with Gasteiger partial charge in [0.05, 0.1) is 13.7 Å². The molecule has 2 aromatic carbocycles. The van der Waals surface area contributed by atoms with Crippen LogP contribution in [0.2, 0.25) is 0 Å². The zero-order valence-corrected chi connectivity index (χ0v) is 15.1. The second-order valence-corrected chi connectivity index (χ2v) is 6.83. The predicted octanol–water partition coefficient (Wildman–Crippen LogP) is 2.74. The lowest BCUT2D eigenvalue weighted by Gasteiger charge is -2.41. The van der Waals surface area contributed by atoms with Gasteiger partial charge in [0.15, 0.2) is 11.5 Å². The van der Waals surface area contributed by atoms with Crippen molar-refractivity contribution in [1.29, 1.82) is 0 Å². The number of fused-ring (bicyclic) bond motifs is 2. The van der Waals surface area contributed by atoms with Crippen LogP contribution in [0.3, 0.4) is 0 Å². The molecule has 0 saturated heterocycles. The zero-order chi connectivity index (χ0) is 18.3. The molecule has 0 spiro atoms. The molecule has 136 valence electrons. The van der Waals surface area contributed by atoms with E-state index in [0.717, 1.165) is 36.1 Å². The summed E-state index contributed by atoms with van der Waals surface area (Å²) in [5, 5.41) is 9.46. The van der Waals surface area contributed by atoms with Crippen LogP contribution in [-0.2, 0) is 17.6 Å². The molecule has 0 amide bonds. The number of β-amino-alcohol motifs (C(OH)–C–C–N with tert-alkyl or cyclic N) is 1. The molecule has 0 radical (unpaired) electrons. The fraction of sp³-hybridized carbons (Fsp3) is 0.381. The Kier molecular flexibility index (Phi) is 4.42.